The molecule has 2 unspecified atom stereocenters. The Labute approximate surface area is 121 Å². The van der Waals surface area contributed by atoms with Crippen LogP contribution in [0.3, 0.4) is 0 Å². The van der Waals surface area contributed by atoms with Crippen LogP contribution in [0.2, 0.25) is 0 Å². The molecule has 0 aromatic heterocycles. The van der Waals surface area contributed by atoms with Gasteiger partial charge < -0.3 is 10.6 Å². The second-order valence-corrected chi connectivity index (χ2v) is 6.19. The van der Waals surface area contributed by atoms with Gasteiger partial charge in [0.15, 0.2) is 0 Å². The van der Waals surface area contributed by atoms with Crippen LogP contribution in [0.15, 0.2) is 18.2 Å². The quantitative estimate of drug-likeness (QED) is 0.869. The number of amides is 1. The van der Waals surface area contributed by atoms with Gasteiger partial charge in [-0.05, 0) is 68.2 Å². The van der Waals surface area contributed by atoms with Crippen LogP contribution in [0.4, 0.5) is 5.69 Å². The molecule has 2 N–H and O–H groups in total. The minimum atomic E-state index is -0.0387. The molecule has 1 aromatic carbocycles. The van der Waals surface area contributed by atoms with Crippen molar-refractivity contribution in [1.82, 2.24) is 5.32 Å². The Kier molecular flexibility index (Phi) is 4.06. The number of nitrogens with one attached hydrogen (secondary N) is 2. The van der Waals surface area contributed by atoms with E-state index in [1.165, 1.54) is 30.4 Å². The van der Waals surface area contributed by atoms with E-state index >= 15 is 0 Å². The maximum atomic E-state index is 12.5. The lowest BCUT2D eigenvalue weighted by Gasteiger charge is -2.29. The first-order valence-electron chi connectivity index (χ1n) is 7.91. The summed E-state index contributed by atoms with van der Waals surface area (Å²) in [5, 5.41) is 6.53. The predicted octanol–water partition coefficient (Wildman–Crippen LogP) is 2.89. The van der Waals surface area contributed by atoms with Gasteiger partial charge in [-0.3, -0.25) is 4.79 Å². The standard InChI is InChI=1S/C17H24N2O/c1-12-6-5-11-18-16(12)17(20)19-15-10-4-8-13-7-2-3-9-14(13)15/h4,8,10,12,16,18H,2-3,5-7,9,11H2,1H3,(H,19,20). The van der Waals surface area contributed by atoms with Gasteiger partial charge in [0, 0.05) is 5.69 Å². The van der Waals surface area contributed by atoms with Crippen LogP contribution in [-0.4, -0.2) is 18.5 Å². The highest BCUT2D eigenvalue weighted by Gasteiger charge is 2.28. The van der Waals surface area contributed by atoms with Crippen molar-refractivity contribution >= 4 is 11.6 Å². The summed E-state index contributed by atoms with van der Waals surface area (Å²) in [6.07, 6.45) is 7.06. The minimum absolute atomic E-state index is 0.0387. The third-order valence-corrected chi connectivity index (χ3v) is 4.71. The Morgan fingerprint density at radius 2 is 2.10 bits per heavy atom. The van der Waals surface area contributed by atoms with Gasteiger partial charge in [0.1, 0.15) is 0 Å². The first-order chi connectivity index (χ1) is 9.75. The first kappa shape index (κ1) is 13.6. The number of benzene rings is 1. The molecule has 1 aliphatic carbocycles. The fraction of sp³-hybridized carbons (Fsp3) is 0.588. The third-order valence-electron chi connectivity index (χ3n) is 4.71. The maximum Gasteiger partial charge on any atom is 0.241 e. The molecule has 2 atom stereocenters. The molecule has 1 aromatic rings. The highest BCUT2D eigenvalue weighted by Crippen LogP contribution is 2.28. The van der Waals surface area contributed by atoms with Crippen molar-refractivity contribution in [3.8, 4) is 0 Å². The fourth-order valence-corrected chi connectivity index (χ4v) is 3.51. The first-order valence-corrected chi connectivity index (χ1v) is 7.91. The van der Waals surface area contributed by atoms with Crippen molar-refractivity contribution in [3.63, 3.8) is 0 Å². The lowest BCUT2D eigenvalue weighted by molar-refractivity contribution is -0.119. The fourth-order valence-electron chi connectivity index (χ4n) is 3.51. The van der Waals surface area contributed by atoms with E-state index in [0.29, 0.717) is 5.92 Å². The average Bonchev–Trinajstić information content (AvgIpc) is 2.48. The number of rotatable bonds is 2. The molecule has 1 heterocycles. The van der Waals surface area contributed by atoms with E-state index in [0.717, 1.165) is 31.5 Å². The normalized spacial score (nSPS) is 25.9. The number of carbonyl (C=O) groups is 1. The number of aryl methyl sites for hydroxylation is 1. The van der Waals surface area contributed by atoms with Crippen LogP contribution in [0.25, 0.3) is 0 Å². The zero-order valence-electron chi connectivity index (χ0n) is 12.2. The molecular weight excluding hydrogens is 248 g/mol. The number of piperidine rings is 1. The lowest BCUT2D eigenvalue weighted by Crippen LogP contribution is -2.48. The molecule has 1 amide bonds. The van der Waals surface area contributed by atoms with E-state index in [1.54, 1.807) is 0 Å². The van der Waals surface area contributed by atoms with Crippen molar-refractivity contribution in [2.75, 3.05) is 11.9 Å². The largest absolute Gasteiger partial charge is 0.324 e. The van der Waals surface area contributed by atoms with Crippen LogP contribution in [0.1, 0.15) is 43.7 Å². The number of hydrogen-bond donors (Lipinski definition) is 2. The van der Waals surface area contributed by atoms with E-state index in [-0.39, 0.29) is 11.9 Å². The van der Waals surface area contributed by atoms with Crippen molar-refractivity contribution in [2.45, 2.75) is 51.5 Å². The molecule has 3 heteroatoms. The van der Waals surface area contributed by atoms with Crippen LogP contribution in [0.5, 0.6) is 0 Å². The van der Waals surface area contributed by atoms with E-state index in [9.17, 15) is 4.79 Å². The number of fused-ring (bicyclic) bond motifs is 1. The number of hydrogen-bond acceptors (Lipinski definition) is 2. The van der Waals surface area contributed by atoms with Gasteiger partial charge in [-0.25, -0.2) is 0 Å². The third kappa shape index (κ3) is 2.73. The summed E-state index contributed by atoms with van der Waals surface area (Å²) in [6.45, 7) is 3.12. The van der Waals surface area contributed by atoms with Gasteiger partial charge in [0.25, 0.3) is 0 Å². The summed E-state index contributed by atoms with van der Waals surface area (Å²) in [5.41, 5.74) is 3.81. The van der Waals surface area contributed by atoms with Gasteiger partial charge in [-0.2, -0.15) is 0 Å². The highest BCUT2D eigenvalue weighted by molar-refractivity contribution is 5.96. The Morgan fingerprint density at radius 3 is 2.95 bits per heavy atom. The van der Waals surface area contributed by atoms with Crippen LogP contribution >= 0.6 is 0 Å². The van der Waals surface area contributed by atoms with Crippen molar-refractivity contribution in [2.24, 2.45) is 5.92 Å². The molecular formula is C17H24N2O. The summed E-state index contributed by atoms with van der Waals surface area (Å²) in [7, 11) is 0. The predicted molar refractivity (Wildman–Crippen MR) is 81.9 cm³/mol. The molecule has 3 rings (SSSR count). The summed E-state index contributed by atoms with van der Waals surface area (Å²) in [6, 6.07) is 6.28. The highest BCUT2D eigenvalue weighted by atomic mass is 16.2. The molecule has 1 aliphatic heterocycles. The van der Waals surface area contributed by atoms with Crippen LogP contribution < -0.4 is 10.6 Å². The summed E-state index contributed by atoms with van der Waals surface area (Å²) < 4.78 is 0. The maximum absolute atomic E-state index is 12.5. The smallest absolute Gasteiger partial charge is 0.241 e. The molecule has 0 bridgehead atoms. The zero-order chi connectivity index (χ0) is 13.9. The minimum Gasteiger partial charge on any atom is -0.324 e. The number of carbonyl (C=O) groups excluding carboxylic acids is 1. The summed E-state index contributed by atoms with van der Waals surface area (Å²) in [5.74, 6) is 0.555. The molecule has 0 spiro atoms. The molecule has 1 saturated heterocycles. The molecule has 2 aliphatic rings. The Bertz CT molecular complexity index is 498. The number of anilines is 1. The van der Waals surface area contributed by atoms with E-state index in [2.05, 4.69) is 35.8 Å². The molecule has 3 nitrogen and oxygen atoms in total. The van der Waals surface area contributed by atoms with Gasteiger partial charge in [-0.1, -0.05) is 19.1 Å². The lowest BCUT2D eigenvalue weighted by atomic mass is 9.89. The van der Waals surface area contributed by atoms with E-state index < -0.39 is 0 Å². The van der Waals surface area contributed by atoms with Crippen molar-refractivity contribution in [3.05, 3.63) is 29.3 Å². The monoisotopic (exact) mass is 272 g/mol. The van der Waals surface area contributed by atoms with E-state index in [1.807, 2.05) is 0 Å². The molecule has 1 fully saturated rings. The summed E-state index contributed by atoms with van der Waals surface area (Å²) >= 11 is 0. The second kappa shape index (κ2) is 5.96. The van der Waals surface area contributed by atoms with Gasteiger partial charge in [-0.15, -0.1) is 0 Å². The second-order valence-electron chi connectivity index (χ2n) is 6.19. The van der Waals surface area contributed by atoms with Crippen molar-refractivity contribution < 1.29 is 4.79 Å². The van der Waals surface area contributed by atoms with Gasteiger partial charge in [0.2, 0.25) is 5.91 Å². The van der Waals surface area contributed by atoms with Crippen LogP contribution in [-0.2, 0) is 17.6 Å². The molecule has 20 heavy (non-hydrogen) atoms. The van der Waals surface area contributed by atoms with Crippen LogP contribution in [0, 0.1) is 5.92 Å². The molecule has 0 radical (unpaired) electrons. The molecule has 108 valence electrons. The van der Waals surface area contributed by atoms with E-state index in [4.69, 9.17) is 0 Å². The Morgan fingerprint density at radius 1 is 1.25 bits per heavy atom. The topological polar surface area (TPSA) is 41.1 Å². The van der Waals surface area contributed by atoms with Crippen molar-refractivity contribution in [1.29, 1.82) is 0 Å². The van der Waals surface area contributed by atoms with Gasteiger partial charge in [0.05, 0.1) is 6.04 Å². The SMILES string of the molecule is CC1CCCNC1C(=O)Nc1cccc2c1CCCC2. The zero-order valence-corrected chi connectivity index (χ0v) is 12.2. The average molecular weight is 272 g/mol. The Balaban J connectivity index is 1.75. The Hall–Kier alpha value is -1.35. The molecule has 0 saturated carbocycles. The summed E-state index contributed by atoms with van der Waals surface area (Å²) in [4.78, 5) is 12.5. The van der Waals surface area contributed by atoms with Gasteiger partial charge >= 0.3 is 0 Å².